The van der Waals surface area contributed by atoms with Gasteiger partial charge in [0.1, 0.15) is 5.69 Å². The van der Waals surface area contributed by atoms with E-state index in [-0.39, 0.29) is 11.8 Å². The summed E-state index contributed by atoms with van der Waals surface area (Å²) in [5.74, 6) is -0.0744. The average Bonchev–Trinajstić information content (AvgIpc) is 2.59. The van der Waals surface area contributed by atoms with Crippen LogP contribution in [0.2, 0.25) is 0 Å². The van der Waals surface area contributed by atoms with Crippen molar-refractivity contribution in [3.8, 4) is 0 Å². The van der Waals surface area contributed by atoms with Gasteiger partial charge in [-0.05, 0) is 37.8 Å². The summed E-state index contributed by atoms with van der Waals surface area (Å²) in [4.78, 5) is 30.3. The van der Waals surface area contributed by atoms with E-state index < -0.39 is 5.60 Å². The molecule has 1 fully saturated rings. The normalized spacial score (nSPS) is 21.1. The van der Waals surface area contributed by atoms with Crippen molar-refractivity contribution in [3.63, 3.8) is 0 Å². The number of hydrogen-bond acceptors (Lipinski definition) is 4. The first kappa shape index (κ1) is 17.4. The number of amides is 2. The second kappa shape index (κ2) is 7.55. The standard InChI is InChI=1S/C17H25N3O3/c1-13-6-4-10-19-15(13)16(22)20-11-5-8-17(12-20,23-3)9-7-14(21)18-2/h4,6,10H,5,7-9,11-12H2,1-3H3,(H,18,21). The zero-order valence-electron chi connectivity index (χ0n) is 14.1. The van der Waals surface area contributed by atoms with Crippen molar-refractivity contribution >= 4 is 11.8 Å². The van der Waals surface area contributed by atoms with Crippen LogP contribution < -0.4 is 5.32 Å². The molecule has 6 heteroatoms. The number of aryl methyl sites for hydroxylation is 1. The summed E-state index contributed by atoms with van der Waals surface area (Å²) in [5, 5.41) is 2.63. The summed E-state index contributed by atoms with van der Waals surface area (Å²) >= 11 is 0. The van der Waals surface area contributed by atoms with Crippen LogP contribution in [-0.4, -0.2) is 54.5 Å². The zero-order valence-corrected chi connectivity index (χ0v) is 14.1. The van der Waals surface area contributed by atoms with Crippen LogP contribution in [0.4, 0.5) is 0 Å². The smallest absolute Gasteiger partial charge is 0.272 e. The van der Waals surface area contributed by atoms with Crippen molar-refractivity contribution in [3.05, 3.63) is 29.6 Å². The lowest BCUT2D eigenvalue weighted by molar-refractivity contribution is -0.123. The second-order valence-electron chi connectivity index (χ2n) is 6.06. The minimum atomic E-state index is -0.455. The maximum absolute atomic E-state index is 12.7. The number of hydrogen-bond donors (Lipinski definition) is 1. The number of pyridine rings is 1. The number of ether oxygens (including phenoxy) is 1. The molecule has 0 aromatic carbocycles. The first-order chi connectivity index (χ1) is 11.0. The Labute approximate surface area is 137 Å². The van der Waals surface area contributed by atoms with Gasteiger partial charge in [-0.25, -0.2) is 0 Å². The van der Waals surface area contributed by atoms with Gasteiger partial charge in [0.25, 0.3) is 5.91 Å². The Morgan fingerprint density at radius 3 is 2.91 bits per heavy atom. The molecule has 0 aliphatic carbocycles. The van der Waals surface area contributed by atoms with E-state index in [1.54, 1.807) is 25.3 Å². The fraction of sp³-hybridized carbons (Fsp3) is 0.588. The van der Waals surface area contributed by atoms with Crippen LogP contribution in [0.5, 0.6) is 0 Å². The Bertz CT molecular complexity index is 576. The van der Waals surface area contributed by atoms with E-state index >= 15 is 0 Å². The number of carbonyl (C=O) groups is 2. The summed E-state index contributed by atoms with van der Waals surface area (Å²) in [7, 11) is 3.28. The summed E-state index contributed by atoms with van der Waals surface area (Å²) in [5.41, 5.74) is 0.908. The van der Waals surface area contributed by atoms with Crippen LogP contribution in [0.25, 0.3) is 0 Å². The van der Waals surface area contributed by atoms with Crippen LogP contribution >= 0.6 is 0 Å². The number of rotatable bonds is 5. The third kappa shape index (κ3) is 4.07. The number of methoxy groups -OCH3 is 1. The number of nitrogens with one attached hydrogen (secondary N) is 1. The fourth-order valence-corrected chi connectivity index (χ4v) is 3.07. The van der Waals surface area contributed by atoms with E-state index in [1.165, 1.54) is 0 Å². The molecule has 0 bridgehead atoms. The quantitative estimate of drug-likeness (QED) is 0.893. The van der Waals surface area contributed by atoms with Gasteiger partial charge in [0, 0.05) is 33.3 Å². The van der Waals surface area contributed by atoms with Crippen molar-refractivity contribution in [2.75, 3.05) is 27.2 Å². The van der Waals surface area contributed by atoms with Gasteiger partial charge in [0.2, 0.25) is 5.91 Å². The highest BCUT2D eigenvalue weighted by atomic mass is 16.5. The largest absolute Gasteiger partial charge is 0.376 e. The van der Waals surface area contributed by atoms with Gasteiger partial charge in [-0.2, -0.15) is 0 Å². The van der Waals surface area contributed by atoms with Gasteiger partial charge in [0.15, 0.2) is 0 Å². The van der Waals surface area contributed by atoms with E-state index in [9.17, 15) is 9.59 Å². The fourth-order valence-electron chi connectivity index (χ4n) is 3.07. The van der Waals surface area contributed by atoms with Gasteiger partial charge in [0.05, 0.1) is 12.1 Å². The van der Waals surface area contributed by atoms with Gasteiger partial charge in [-0.1, -0.05) is 6.07 Å². The minimum absolute atomic E-state index is 0.00885. The molecule has 1 aromatic heterocycles. The molecule has 1 aromatic rings. The monoisotopic (exact) mass is 319 g/mol. The summed E-state index contributed by atoms with van der Waals surface area (Å²) in [6.07, 6.45) is 4.35. The molecule has 2 amide bonds. The number of aromatic nitrogens is 1. The Morgan fingerprint density at radius 1 is 1.48 bits per heavy atom. The second-order valence-corrected chi connectivity index (χ2v) is 6.06. The molecule has 23 heavy (non-hydrogen) atoms. The molecular formula is C17H25N3O3. The molecule has 1 unspecified atom stereocenters. The Kier molecular flexibility index (Phi) is 5.71. The molecule has 0 spiro atoms. The molecule has 0 radical (unpaired) electrons. The van der Waals surface area contributed by atoms with Crippen molar-refractivity contribution in [2.45, 2.75) is 38.2 Å². The molecule has 1 aliphatic heterocycles. The first-order valence-electron chi connectivity index (χ1n) is 7.98. The van der Waals surface area contributed by atoms with Crippen LogP contribution in [0.3, 0.4) is 0 Å². The molecule has 1 atom stereocenters. The number of piperidine rings is 1. The minimum Gasteiger partial charge on any atom is -0.376 e. The maximum Gasteiger partial charge on any atom is 0.272 e. The SMILES string of the molecule is CNC(=O)CCC1(OC)CCCN(C(=O)c2ncccc2C)C1. The Morgan fingerprint density at radius 2 is 2.26 bits per heavy atom. The highest BCUT2D eigenvalue weighted by Crippen LogP contribution is 2.30. The van der Waals surface area contributed by atoms with Crippen LogP contribution in [0.1, 0.15) is 41.7 Å². The third-order valence-electron chi connectivity index (χ3n) is 4.56. The number of carbonyl (C=O) groups excluding carboxylic acids is 2. The van der Waals surface area contributed by atoms with Gasteiger partial charge < -0.3 is 15.0 Å². The lowest BCUT2D eigenvalue weighted by Gasteiger charge is -2.42. The molecule has 1 N–H and O–H groups in total. The first-order valence-corrected chi connectivity index (χ1v) is 7.98. The van der Waals surface area contributed by atoms with E-state index in [4.69, 9.17) is 4.74 Å². The van der Waals surface area contributed by atoms with Gasteiger partial charge >= 0.3 is 0 Å². The van der Waals surface area contributed by atoms with Crippen LogP contribution in [0.15, 0.2) is 18.3 Å². The number of nitrogens with zero attached hydrogens (tertiary/aromatic N) is 2. The Hall–Kier alpha value is -1.95. The molecule has 0 saturated carbocycles. The Balaban J connectivity index is 2.11. The predicted octanol–water partition coefficient (Wildman–Crippen LogP) is 1.54. The van der Waals surface area contributed by atoms with E-state index in [2.05, 4.69) is 10.3 Å². The van der Waals surface area contributed by atoms with E-state index in [1.807, 2.05) is 19.1 Å². The van der Waals surface area contributed by atoms with Gasteiger partial charge in [-0.3, -0.25) is 14.6 Å². The van der Waals surface area contributed by atoms with Gasteiger partial charge in [-0.15, -0.1) is 0 Å². The lowest BCUT2D eigenvalue weighted by atomic mass is 9.87. The highest BCUT2D eigenvalue weighted by molar-refractivity contribution is 5.93. The topological polar surface area (TPSA) is 71.5 Å². The van der Waals surface area contributed by atoms with Crippen molar-refractivity contribution in [1.29, 1.82) is 0 Å². The summed E-state index contributed by atoms with van der Waals surface area (Å²) in [6, 6.07) is 3.71. The van der Waals surface area contributed by atoms with Crippen molar-refractivity contribution in [2.24, 2.45) is 0 Å². The zero-order chi connectivity index (χ0) is 16.9. The van der Waals surface area contributed by atoms with Crippen molar-refractivity contribution < 1.29 is 14.3 Å². The summed E-state index contributed by atoms with van der Waals surface area (Å²) < 4.78 is 5.73. The maximum atomic E-state index is 12.7. The molecular weight excluding hydrogens is 294 g/mol. The van der Waals surface area contributed by atoms with Crippen molar-refractivity contribution in [1.82, 2.24) is 15.2 Å². The van der Waals surface area contributed by atoms with Crippen LogP contribution in [-0.2, 0) is 9.53 Å². The average molecular weight is 319 g/mol. The molecule has 2 rings (SSSR count). The van der Waals surface area contributed by atoms with Crippen LogP contribution in [0, 0.1) is 6.92 Å². The predicted molar refractivity (Wildman–Crippen MR) is 87.2 cm³/mol. The molecule has 6 nitrogen and oxygen atoms in total. The molecule has 126 valence electrons. The molecule has 2 heterocycles. The van der Waals surface area contributed by atoms with E-state index in [0.29, 0.717) is 31.6 Å². The third-order valence-corrected chi connectivity index (χ3v) is 4.56. The molecule has 1 aliphatic rings. The summed E-state index contributed by atoms with van der Waals surface area (Å²) in [6.45, 7) is 3.08. The van der Waals surface area contributed by atoms with E-state index in [0.717, 1.165) is 18.4 Å². The lowest BCUT2D eigenvalue weighted by Crippen LogP contribution is -2.52. The number of likely N-dealkylation sites (tertiary alicyclic amines) is 1. The molecule has 1 saturated heterocycles. The highest BCUT2D eigenvalue weighted by Gasteiger charge is 2.38.